The summed E-state index contributed by atoms with van der Waals surface area (Å²) in [6.45, 7) is 4.87. The first-order valence-electron chi connectivity index (χ1n) is 8.46. The molecule has 0 bridgehead atoms. The predicted octanol–water partition coefficient (Wildman–Crippen LogP) is 1.76. The number of nitrogens with one attached hydrogen (secondary N) is 1. The number of hydrogen-bond donors (Lipinski definition) is 1. The lowest BCUT2D eigenvalue weighted by Crippen LogP contribution is -2.53. The molecule has 1 atom stereocenters. The summed E-state index contributed by atoms with van der Waals surface area (Å²) >= 11 is 0. The van der Waals surface area contributed by atoms with Crippen molar-refractivity contribution in [3.63, 3.8) is 0 Å². The van der Waals surface area contributed by atoms with Crippen LogP contribution in [0.25, 0.3) is 0 Å². The van der Waals surface area contributed by atoms with Gasteiger partial charge < -0.3 is 10.2 Å². The zero-order valence-corrected chi connectivity index (χ0v) is 14.0. The topological polar surface area (TPSA) is 59.4 Å². The minimum absolute atomic E-state index is 0.106. The maximum atomic E-state index is 13.8. The van der Waals surface area contributed by atoms with E-state index in [0.717, 1.165) is 12.8 Å². The van der Waals surface area contributed by atoms with Gasteiger partial charge in [0.15, 0.2) is 0 Å². The summed E-state index contributed by atoms with van der Waals surface area (Å²) in [4.78, 5) is 16.3. The zero-order valence-electron chi connectivity index (χ0n) is 14.0. The number of nitrogens with zero attached hydrogens (tertiary/aromatic N) is 3. The molecule has 0 aromatic heterocycles. The zero-order chi connectivity index (χ0) is 17.2. The van der Waals surface area contributed by atoms with Gasteiger partial charge in [0.1, 0.15) is 11.4 Å². The second kappa shape index (κ2) is 6.78. The van der Waals surface area contributed by atoms with Crippen molar-refractivity contribution in [1.82, 2.24) is 10.2 Å². The van der Waals surface area contributed by atoms with Crippen LogP contribution in [0.1, 0.15) is 19.8 Å². The number of benzene rings is 1. The van der Waals surface area contributed by atoms with Crippen molar-refractivity contribution in [3.8, 4) is 6.07 Å². The molecule has 1 amide bonds. The molecule has 5 nitrogen and oxygen atoms in total. The third kappa shape index (κ3) is 3.68. The minimum Gasteiger partial charge on any atom is -0.367 e. The molecule has 1 N–H and O–H groups in total. The van der Waals surface area contributed by atoms with Gasteiger partial charge in [0.05, 0.1) is 18.3 Å². The van der Waals surface area contributed by atoms with Crippen LogP contribution >= 0.6 is 0 Å². The van der Waals surface area contributed by atoms with E-state index < -0.39 is 5.54 Å². The molecule has 6 heteroatoms. The molecule has 0 radical (unpaired) electrons. The van der Waals surface area contributed by atoms with Gasteiger partial charge in [-0.25, -0.2) is 4.39 Å². The van der Waals surface area contributed by atoms with Crippen LogP contribution < -0.4 is 10.2 Å². The SMILES string of the molecule is CC(C#N)(NC(=O)CN1CCN(c2ccccc2F)CC1)C1CC1. The average molecular weight is 330 g/mol. The minimum atomic E-state index is -0.744. The van der Waals surface area contributed by atoms with Crippen LogP contribution in [0.15, 0.2) is 24.3 Å². The Labute approximate surface area is 142 Å². The fraction of sp³-hybridized carbons (Fsp3) is 0.556. The molecule has 1 unspecified atom stereocenters. The van der Waals surface area contributed by atoms with Gasteiger partial charge in [0.25, 0.3) is 0 Å². The van der Waals surface area contributed by atoms with Crippen molar-refractivity contribution < 1.29 is 9.18 Å². The van der Waals surface area contributed by atoms with Crippen molar-refractivity contribution in [1.29, 1.82) is 5.26 Å². The Morgan fingerprint density at radius 1 is 1.33 bits per heavy atom. The van der Waals surface area contributed by atoms with E-state index in [2.05, 4.69) is 16.3 Å². The quantitative estimate of drug-likeness (QED) is 0.894. The number of amides is 1. The van der Waals surface area contributed by atoms with Crippen LogP contribution in [0.4, 0.5) is 10.1 Å². The van der Waals surface area contributed by atoms with E-state index in [-0.39, 0.29) is 24.2 Å². The van der Waals surface area contributed by atoms with Crippen LogP contribution in [0.5, 0.6) is 0 Å². The average Bonchev–Trinajstić information content (AvgIpc) is 3.41. The van der Waals surface area contributed by atoms with Gasteiger partial charge in [-0.15, -0.1) is 0 Å². The number of carbonyl (C=O) groups excluding carboxylic acids is 1. The molecule has 1 saturated carbocycles. The normalized spacial score (nSPS) is 21.0. The Bertz CT molecular complexity index is 647. The maximum Gasteiger partial charge on any atom is 0.235 e. The first-order valence-corrected chi connectivity index (χ1v) is 8.46. The molecule has 1 aromatic carbocycles. The van der Waals surface area contributed by atoms with E-state index in [1.54, 1.807) is 19.1 Å². The molecule has 24 heavy (non-hydrogen) atoms. The number of piperazine rings is 1. The van der Waals surface area contributed by atoms with E-state index >= 15 is 0 Å². The highest BCUT2D eigenvalue weighted by Gasteiger charge is 2.43. The highest BCUT2D eigenvalue weighted by atomic mass is 19.1. The molecule has 128 valence electrons. The summed E-state index contributed by atoms with van der Waals surface area (Å²) in [5.41, 5.74) is -0.126. The Balaban J connectivity index is 1.50. The Morgan fingerprint density at radius 3 is 2.58 bits per heavy atom. The van der Waals surface area contributed by atoms with Crippen LogP contribution in [0.2, 0.25) is 0 Å². The molecular formula is C18H23FN4O. The molecule has 2 fully saturated rings. The Kier molecular flexibility index (Phi) is 4.72. The largest absolute Gasteiger partial charge is 0.367 e. The van der Waals surface area contributed by atoms with Crippen LogP contribution in [-0.2, 0) is 4.79 Å². The number of carbonyl (C=O) groups is 1. The highest BCUT2D eigenvalue weighted by molar-refractivity contribution is 5.79. The van der Waals surface area contributed by atoms with Gasteiger partial charge in [-0.2, -0.15) is 5.26 Å². The first-order chi connectivity index (χ1) is 11.5. The number of anilines is 1. The second-order valence-electron chi connectivity index (χ2n) is 6.85. The van der Waals surface area contributed by atoms with Gasteiger partial charge in [0.2, 0.25) is 5.91 Å². The van der Waals surface area contributed by atoms with E-state index in [9.17, 15) is 14.4 Å². The summed E-state index contributed by atoms with van der Waals surface area (Å²) in [6, 6.07) is 9.01. The molecule has 0 spiro atoms. The predicted molar refractivity (Wildman–Crippen MR) is 89.9 cm³/mol. The lowest BCUT2D eigenvalue weighted by molar-refractivity contribution is -0.123. The highest BCUT2D eigenvalue weighted by Crippen LogP contribution is 2.39. The van der Waals surface area contributed by atoms with Gasteiger partial charge >= 0.3 is 0 Å². The Morgan fingerprint density at radius 2 is 2.00 bits per heavy atom. The summed E-state index contributed by atoms with van der Waals surface area (Å²) in [5, 5.41) is 12.2. The molecule has 1 aromatic rings. The Hall–Kier alpha value is -2.13. The van der Waals surface area contributed by atoms with Crippen molar-refractivity contribution >= 4 is 11.6 Å². The van der Waals surface area contributed by atoms with Crippen LogP contribution in [0, 0.1) is 23.1 Å². The van der Waals surface area contributed by atoms with Crippen molar-refractivity contribution in [2.45, 2.75) is 25.3 Å². The third-order valence-corrected chi connectivity index (χ3v) is 4.96. The molecule has 2 aliphatic rings. The van der Waals surface area contributed by atoms with E-state index in [4.69, 9.17) is 0 Å². The number of halogens is 1. The fourth-order valence-electron chi connectivity index (χ4n) is 3.27. The number of hydrogen-bond acceptors (Lipinski definition) is 4. The maximum absolute atomic E-state index is 13.8. The van der Waals surface area contributed by atoms with E-state index in [1.807, 2.05) is 11.0 Å². The van der Waals surface area contributed by atoms with Gasteiger partial charge in [0, 0.05) is 26.2 Å². The molecule has 1 aliphatic heterocycles. The lowest BCUT2D eigenvalue weighted by Gasteiger charge is -2.36. The first kappa shape index (κ1) is 16.7. The summed E-state index contributed by atoms with van der Waals surface area (Å²) in [5.74, 6) is -0.0347. The van der Waals surface area contributed by atoms with Crippen molar-refractivity contribution in [3.05, 3.63) is 30.1 Å². The van der Waals surface area contributed by atoms with Gasteiger partial charge in [-0.3, -0.25) is 9.69 Å². The molecule has 3 rings (SSSR count). The smallest absolute Gasteiger partial charge is 0.235 e. The second-order valence-corrected chi connectivity index (χ2v) is 6.85. The van der Waals surface area contributed by atoms with Crippen LogP contribution in [-0.4, -0.2) is 49.1 Å². The van der Waals surface area contributed by atoms with Gasteiger partial charge in [-0.1, -0.05) is 12.1 Å². The number of para-hydroxylation sites is 1. The van der Waals surface area contributed by atoms with Crippen molar-refractivity contribution in [2.75, 3.05) is 37.6 Å². The van der Waals surface area contributed by atoms with E-state index in [0.29, 0.717) is 31.9 Å². The molecular weight excluding hydrogens is 307 g/mol. The summed E-state index contributed by atoms with van der Waals surface area (Å²) in [6.07, 6.45) is 2.01. The molecule has 1 aliphatic carbocycles. The lowest BCUT2D eigenvalue weighted by atomic mass is 9.98. The monoisotopic (exact) mass is 330 g/mol. The summed E-state index contributed by atoms with van der Waals surface area (Å²) in [7, 11) is 0. The van der Waals surface area contributed by atoms with Crippen molar-refractivity contribution in [2.24, 2.45) is 5.92 Å². The molecule has 1 heterocycles. The van der Waals surface area contributed by atoms with E-state index in [1.165, 1.54) is 6.07 Å². The number of rotatable bonds is 5. The van der Waals surface area contributed by atoms with Gasteiger partial charge in [-0.05, 0) is 37.8 Å². The third-order valence-electron chi connectivity index (χ3n) is 4.96. The summed E-state index contributed by atoms with van der Waals surface area (Å²) < 4.78 is 13.8. The molecule has 1 saturated heterocycles. The fourth-order valence-corrected chi connectivity index (χ4v) is 3.27. The number of nitriles is 1. The standard InChI is InChI=1S/C18H23FN4O/c1-18(13-20,14-6-7-14)21-17(24)12-22-8-10-23(11-9-22)16-5-3-2-4-15(16)19/h2-5,14H,6-12H2,1H3,(H,21,24). The van der Waals surface area contributed by atoms with Crippen LogP contribution in [0.3, 0.4) is 0 Å².